The van der Waals surface area contributed by atoms with Gasteiger partial charge in [-0.05, 0) is 44.2 Å². The van der Waals surface area contributed by atoms with Crippen LogP contribution in [0.5, 0.6) is 0 Å². The van der Waals surface area contributed by atoms with Gasteiger partial charge < -0.3 is 10.1 Å². The number of anilines is 1. The van der Waals surface area contributed by atoms with Crippen molar-refractivity contribution in [3.63, 3.8) is 0 Å². The second kappa shape index (κ2) is 8.00. The van der Waals surface area contributed by atoms with Crippen molar-refractivity contribution in [2.75, 3.05) is 11.9 Å². The number of hydrogen-bond donors (Lipinski definition) is 1. The summed E-state index contributed by atoms with van der Waals surface area (Å²) in [6.45, 7) is 2.38. The Balaban J connectivity index is 1.62. The van der Waals surface area contributed by atoms with Crippen LogP contribution in [0.4, 0.5) is 10.1 Å². The summed E-state index contributed by atoms with van der Waals surface area (Å²) in [7, 11) is 0. The third-order valence-electron chi connectivity index (χ3n) is 4.35. The van der Waals surface area contributed by atoms with E-state index in [1.165, 1.54) is 25.1 Å². The normalized spacial score (nSPS) is 13.9. The number of fused-ring (bicyclic) bond motifs is 1. The van der Waals surface area contributed by atoms with Gasteiger partial charge in [0, 0.05) is 5.02 Å². The van der Waals surface area contributed by atoms with E-state index in [1.807, 2.05) is 0 Å². The fourth-order valence-corrected chi connectivity index (χ4v) is 3.04. The molecule has 0 saturated heterocycles. The molecule has 0 saturated carbocycles. The summed E-state index contributed by atoms with van der Waals surface area (Å²) in [5.41, 5.74) is 1.05. The SMILES string of the molecule is Cc1ccc2c(c1)C(=O)N(C(C)C(=O)OCC(=O)Nc1cc(Cl)ccc1F)C2=O. The van der Waals surface area contributed by atoms with Crippen LogP contribution in [0.3, 0.4) is 0 Å². The predicted molar refractivity (Wildman–Crippen MR) is 102 cm³/mol. The van der Waals surface area contributed by atoms with Crippen molar-refractivity contribution in [1.82, 2.24) is 4.90 Å². The van der Waals surface area contributed by atoms with Crippen molar-refractivity contribution in [3.05, 3.63) is 63.9 Å². The molecular weight excluding hydrogens is 403 g/mol. The molecule has 150 valence electrons. The van der Waals surface area contributed by atoms with E-state index in [4.69, 9.17) is 16.3 Å². The van der Waals surface area contributed by atoms with Gasteiger partial charge in [-0.25, -0.2) is 9.18 Å². The van der Waals surface area contributed by atoms with Gasteiger partial charge in [0.05, 0.1) is 16.8 Å². The molecule has 0 aliphatic carbocycles. The number of imide groups is 1. The average Bonchev–Trinajstić information content (AvgIpc) is 2.92. The summed E-state index contributed by atoms with van der Waals surface area (Å²) >= 11 is 5.74. The Morgan fingerprint density at radius 1 is 1.14 bits per heavy atom. The molecule has 1 aliphatic heterocycles. The zero-order valence-electron chi connectivity index (χ0n) is 15.5. The minimum Gasteiger partial charge on any atom is -0.454 e. The Morgan fingerprint density at radius 2 is 1.83 bits per heavy atom. The van der Waals surface area contributed by atoms with E-state index in [2.05, 4.69) is 5.32 Å². The fourth-order valence-electron chi connectivity index (χ4n) is 2.87. The molecule has 0 fully saturated rings. The van der Waals surface area contributed by atoms with Gasteiger partial charge in [-0.15, -0.1) is 0 Å². The molecule has 1 heterocycles. The highest BCUT2D eigenvalue weighted by molar-refractivity contribution is 6.31. The van der Waals surface area contributed by atoms with E-state index in [1.54, 1.807) is 19.1 Å². The first-order valence-electron chi connectivity index (χ1n) is 8.59. The van der Waals surface area contributed by atoms with Gasteiger partial charge in [0.15, 0.2) is 6.61 Å². The van der Waals surface area contributed by atoms with Gasteiger partial charge in [-0.1, -0.05) is 23.2 Å². The first-order chi connectivity index (χ1) is 13.7. The summed E-state index contributed by atoms with van der Waals surface area (Å²) in [5, 5.41) is 2.45. The highest BCUT2D eigenvalue weighted by Crippen LogP contribution is 2.26. The maximum atomic E-state index is 13.6. The molecule has 3 amide bonds. The highest BCUT2D eigenvalue weighted by Gasteiger charge is 2.41. The number of carbonyl (C=O) groups excluding carboxylic acids is 4. The van der Waals surface area contributed by atoms with Crippen LogP contribution in [0, 0.1) is 12.7 Å². The highest BCUT2D eigenvalue weighted by atomic mass is 35.5. The molecule has 1 atom stereocenters. The molecule has 9 heteroatoms. The number of esters is 1. The van der Waals surface area contributed by atoms with Crippen LogP contribution < -0.4 is 5.32 Å². The number of amides is 3. The third kappa shape index (κ3) is 4.12. The Morgan fingerprint density at radius 3 is 2.55 bits per heavy atom. The molecule has 1 N–H and O–H groups in total. The number of nitrogens with one attached hydrogen (secondary N) is 1. The number of ether oxygens (including phenoxy) is 1. The number of carbonyl (C=O) groups is 4. The summed E-state index contributed by atoms with van der Waals surface area (Å²) < 4.78 is 18.5. The van der Waals surface area contributed by atoms with Crippen molar-refractivity contribution in [3.8, 4) is 0 Å². The quantitative estimate of drug-likeness (QED) is 0.595. The standard InChI is InChI=1S/C20H16ClFN2O5/c1-10-3-5-13-14(7-10)19(27)24(18(13)26)11(2)20(28)29-9-17(25)23-16-8-12(21)4-6-15(16)22/h3-8,11H,9H2,1-2H3,(H,23,25). The second-order valence-electron chi connectivity index (χ2n) is 6.49. The van der Waals surface area contributed by atoms with Gasteiger partial charge in [0.1, 0.15) is 11.9 Å². The third-order valence-corrected chi connectivity index (χ3v) is 4.59. The van der Waals surface area contributed by atoms with Crippen LogP contribution in [0.15, 0.2) is 36.4 Å². The van der Waals surface area contributed by atoms with Gasteiger partial charge in [-0.3, -0.25) is 19.3 Å². The Hall–Kier alpha value is -3.26. The molecule has 2 aromatic rings. The van der Waals surface area contributed by atoms with Crippen LogP contribution in [-0.4, -0.2) is 41.2 Å². The zero-order chi connectivity index (χ0) is 21.3. The molecule has 1 aliphatic rings. The number of hydrogen-bond acceptors (Lipinski definition) is 5. The molecule has 7 nitrogen and oxygen atoms in total. The molecular formula is C20H16ClFN2O5. The van der Waals surface area contributed by atoms with Crippen molar-refractivity contribution in [1.29, 1.82) is 0 Å². The molecule has 2 aromatic carbocycles. The topological polar surface area (TPSA) is 92.8 Å². The van der Waals surface area contributed by atoms with Crippen LogP contribution >= 0.6 is 11.6 Å². The molecule has 1 unspecified atom stereocenters. The van der Waals surface area contributed by atoms with Crippen LogP contribution in [-0.2, 0) is 14.3 Å². The molecule has 0 radical (unpaired) electrons. The minimum absolute atomic E-state index is 0.165. The summed E-state index contributed by atoms with van der Waals surface area (Å²) in [6, 6.07) is 7.15. The number of nitrogens with zero attached hydrogens (tertiary/aromatic N) is 1. The van der Waals surface area contributed by atoms with Crippen LogP contribution in [0.2, 0.25) is 5.02 Å². The smallest absolute Gasteiger partial charge is 0.329 e. The average molecular weight is 419 g/mol. The van der Waals surface area contributed by atoms with Gasteiger partial charge in [0.2, 0.25) is 0 Å². The van der Waals surface area contributed by atoms with E-state index in [0.717, 1.165) is 16.5 Å². The van der Waals surface area contributed by atoms with Crippen LogP contribution in [0.1, 0.15) is 33.2 Å². The molecule has 0 aromatic heterocycles. The van der Waals surface area contributed by atoms with E-state index >= 15 is 0 Å². The minimum atomic E-state index is -1.24. The summed E-state index contributed by atoms with van der Waals surface area (Å²) in [4.78, 5) is 50.0. The molecule has 0 spiro atoms. The monoisotopic (exact) mass is 418 g/mol. The first-order valence-corrected chi connectivity index (χ1v) is 8.97. The lowest BCUT2D eigenvalue weighted by molar-refractivity contribution is -0.150. The van der Waals surface area contributed by atoms with Gasteiger partial charge >= 0.3 is 5.97 Å². The summed E-state index contributed by atoms with van der Waals surface area (Å²) in [6.07, 6.45) is 0. The Bertz CT molecular complexity index is 1040. The molecule has 29 heavy (non-hydrogen) atoms. The van der Waals surface area contributed by atoms with Gasteiger partial charge in [-0.2, -0.15) is 0 Å². The fraction of sp³-hybridized carbons (Fsp3) is 0.200. The van der Waals surface area contributed by atoms with E-state index in [-0.39, 0.29) is 21.8 Å². The lowest BCUT2D eigenvalue weighted by atomic mass is 10.1. The van der Waals surface area contributed by atoms with Crippen molar-refractivity contribution in [2.45, 2.75) is 19.9 Å². The lowest BCUT2D eigenvalue weighted by Gasteiger charge is -2.20. The maximum Gasteiger partial charge on any atom is 0.329 e. The summed E-state index contributed by atoms with van der Waals surface area (Å²) in [5.74, 6) is -3.67. The second-order valence-corrected chi connectivity index (χ2v) is 6.92. The van der Waals surface area contributed by atoms with Crippen LogP contribution in [0.25, 0.3) is 0 Å². The van der Waals surface area contributed by atoms with Gasteiger partial charge in [0.25, 0.3) is 17.7 Å². The van der Waals surface area contributed by atoms with Crippen molar-refractivity contribution < 1.29 is 28.3 Å². The maximum absolute atomic E-state index is 13.6. The molecule has 3 rings (SSSR count). The largest absolute Gasteiger partial charge is 0.454 e. The number of aryl methyl sites for hydroxylation is 1. The van der Waals surface area contributed by atoms with Crippen molar-refractivity contribution >= 4 is 41.0 Å². The Kier molecular flexibility index (Phi) is 5.65. The Labute approximate surface area is 170 Å². The number of halogens is 2. The van der Waals surface area contributed by atoms with E-state index in [9.17, 15) is 23.6 Å². The van der Waals surface area contributed by atoms with Crippen molar-refractivity contribution in [2.24, 2.45) is 0 Å². The first kappa shape index (κ1) is 20.5. The number of rotatable bonds is 5. The zero-order valence-corrected chi connectivity index (χ0v) is 16.2. The molecule has 0 bridgehead atoms. The number of benzene rings is 2. The van der Waals surface area contributed by atoms with E-state index in [0.29, 0.717) is 0 Å². The van der Waals surface area contributed by atoms with E-state index < -0.39 is 42.2 Å². The predicted octanol–water partition coefficient (Wildman–Crippen LogP) is 2.95. The lowest BCUT2D eigenvalue weighted by Crippen LogP contribution is -2.44.